The van der Waals surface area contributed by atoms with Crippen molar-refractivity contribution in [2.24, 2.45) is 35.2 Å². The van der Waals surface area contributed by atoms with Crippen molar-refractivity contribution in [3.05, 3.63) is 444 Å². The number of pyridine rings is 1. The van der Waals surface area contributed by atoms with Crippen LogP contribution < -0.4 is 22.7 Å². The van der Waals surface area contributed by atoms with Gasteiger partial charge in [0.15, 0.2) is 0 Å². The topological polar surface area (TPSA) is 57.4 Å². The Morgan fingerprint density at radius 1 is 0.306 bits per heavy atom. The molecule has 0 unspecified atom stereocenters. The van der Waals surface area contributed by atoms with E-state index in [1.807, 2.05) is 43.5 Å². The number of rotatable bonds is 17. The summed E-state index contributed by atoms with van der Waals surface area (Å²) in [7, 11) is 10.6. The van der Waals surface area contributed by atoms with Crippen LogP contribution in [0, 0.1) is 47.4 Å². The molecule has 0 atom stereocenters. The fourth-order valence-corrected chi connectivity index (χ4v) is 23.0. The normalized spacial score (nSPS) is 11.6. The molecule has 0 radical (unpaired) electrons. The third kappa shape index (κ3) is 19.3. The van der Waals surface area contributed by atoms with Crippen LogP contribution in [0.4, 0.5) is 4.39 Å². The molecule has 0 bridgehead atoms. The smallest absolute Gasteiger partial charge is 0.294 e. The summed E-state index contributed by atoms with van der Waals surface area (Å²) in [6, 6.07) is 112. The monoisotopic (exact) mass is 1950 g/mol. The van der Waals surface area contributed by atoms with Gasteiger partial charge in [-0.1, -0.05) is 301 Å². The molecule has 8 aromatic heterocycles. The molecule has 0 aliphatic rings. The third-order valence-electron chi connectivity index (χ3n) is 29.5. The average Bonchev–Trinajstić information content (AvgIpc) is 1.62. The number of hydrogen-bond donors (Lipinski definition) is 0. The SMILES string of the molecule is Cc1cc(F)ccc1-c1n(-c2c(-c3ccccc3)cc(C(C)C)cc2-c2ccccc2)cc[n+]1C.Cc1cccc2c3ccccc3[n+]3cc(C)n(C)c3c12.Cc1ccccc1-c1n(-c2c(C(C)C)cc(-c3ccccc3)cc2C(C)C)cc[n+]1C.Cc1ccccc1-c1n(-c2c(C(C)C)cc3c(sc4ccccc43)c2C(C)C)cc[n+]1C.Cc1ccccc1-c1n(-c2cc3oc4ccccc4c3cc2C(C)C)cc[n+]1C. The molecule has 0 amide bonds. The van der Waals surface area contributed by atoms with E-state index in [-0.39, 0.29) is 5.82 Å². The molecule has 13 heteroatoms. The van der Waals surface area contributed by atoms with Crippen LogP contribution in [0.1, 0.15) is 185 Å². The van der Waals surface area contributed by atoms with E-state index in [1.54, 1.807) is 6.07 Å². The van der Waals surface area contributed by atoms with Gasteiger partial charge in [-0.05, 0) is 217 Å². The summed E-state index contributed by atoms with van der Waals surface area (Å²) in [6.07, 6.45) is 19.5. The van der Waals surface area contributed by atoms with E-state index < -0.39 is 0 Å². The molecule has 147 heavy (non-hydrogen) atoms. The van der Waals surface area contributed by atoms with Crippen LogP contribution in [0.25, 0.3) is 171 Å². The molecule has 736 valence electrons. The zero-order valence-corrected chi connectivity index (χ0v) is 90.2. The minimum atomic E-state index is -0.219. The summed E-state index contributed by atoms with van der Waals surface area (Å²) in [5, 5.41) is 9.13. The number of thiophene rings is 1. The molecule has 0 fully saturated rings. The Hall–Kier alpha value is -15.7. The van der Waals surface area contributed by atoms with Crippen LogP contribution in [-0.2, 0) is 35.2 Å². The lowest BCUT2D eigenvalue weighted by atomic mass is 9.88. The molecule has 0 spiro atoms. The van der Waals surface area contributed by atoms with E-state index in [0.29, 0.717) is 35.5 Å². The predicted molar refractivity (Wildman–Crippen MR) is 612 cm³/mol. The van der Waals surface area contributed by atoms with Gasteiger partial charge in [-0.25, -0.2) is 27.2 Å². The number of fused-ring (bicyclic) bond motifs is 12. The third-order valence-corrected chi connectivity index (χ3v) is 30.7. The standard InChI is InChI=1S/C32H30FN2.C29H31N2S.C29H33N2.C26H25N2O.C18H17N2/c1-22(2)26-20-29(24-11-7-5-8-12-24)31(30(21-26)25-13-9-6-10-14-25)35-18-17-34(4)32(35)28-16-15-27(33)19-23(28)3;1-18(2)23-17-24-22-13-9-10-14-25(22)32-28(24)26(19(3)4)27(23)31-16-15-30(6)29(31)21-12-8-7-11-20(21)5;1-20(2)26-18-24(23-13-8-7-9-14-23)19-27(21(3)4)28(26)31-17-16-30(6)29(31)25-15-11-10-12-22(25)5;1-17(2)21-15-22-20-11-7-8-12-24(20)29-25(22)16-23(21)28-14-13-27(4)26(28)19-10-6-5-9-18(19)3;1-12-7-6-9-15-14-8-4-5-10-16(14)20-11-13(2)19(3)18(20)17(12)15/h5-22H,1-4H3;7-19H,1-6H3;7-21H,1-6H3;5-17H,1-4H3;4-11H,1-3H3/q5*+1. The zero-order chi connectivity index (χ0) is 103. The van der Waals surface area contributed by atoms with Gasteiger partial charge in [0, 0.05) is 93.7 Å². The Morgan fingerprint density at radius 2 is 0.728 bits per heavy atom. The molecule has 0 N–H and O–H groups in total. The van der Waals surface area contributed by atoms with E-state index in [0.717, 1.165) is 33.8 Å². The summed E-state index contributed by atoms with van der Waals surface area (Å²) in [5.41, 5.74) is 37.0. The first-order valence-electron chi connectivity index (χ1n) is 51.9. The van der Waals surface area contributed by atoms with E-state index in [9.17, 15) is 4.39 Å². The predicted octanol–water partition coefficient (Wildman–Crippen LogP) is 32.9. The zero-order valence-electron chi connectivity index (χ0n) is 89.3. The summed E-state index contributed by atoms with van der Waals surface area (Å²) in [6.45, 7) is 40.4. The molecular weight excluding hydrogens is 1820 g/mol. The second kappa shape index (κ2) is 42.2. The van der Waals surface area contributed by atoms with Crippen molar-refractivity contribution in [3.8, 4) is 102 Å². The number of aromatic nitrogens is 10. The quantitative estimate of drug-likeness (QED) is 0.0662. The summed E-state index contributed by atoms with van der Waals surface area (Å²) in [4.78, 5) is 0. The molecule has 0 saturated heterocycles. The summed E-state index contributed by atoms with van der Waals surface area (Å²) < 4.78 is 45.8. The highest BCUT2D eigenvalue weighted by Gasteiger charge is 2.35. The van der Waals surface area contributed by atoms with Gasteiger partial charge in [-0.2, -0.15) is 22.7 Å². The van der Waals surface area contributed by atoms with E-state index in [4.69, 9.17) is 4.42 Å². The molecule has 23 rings (SSSR count). The highest BCUT2D eigenvalue weighted by atomic mass is 32.1. The van der Waals surface area contributed by atoms with Crippen molar-refractivity contribution in [1.29, 1.82) is 0 Å². The van der Waals surface area contributed by atoms with Crippen molar-refractivity contribution in [3.63, 3.8) is 0 Å². The fourth-order valence-electron chi connectivity index (χ4n) is 21.7. The molecule has 11 nitrogen and oxygen atoms in total. The van der Waals surface area contributed by atoms with Crippen LogP contribution in [0.5, 0.6) is 0 Å². The minimum Gasteiger partial charge on any atom is -0.456 e. The summed E-state index contributed by atoms with van der Waals surface area (Å²) in [5.74, 6) is 6.83. The number of furan rings is 1. The number of nitrogens with zero attached hydrogens (tertiary/aromatic N) is 10. The van der Waals surface area contributed by atoms with Crippen molar-refractivity contribution < 1.29 is 31.5 Å². The van der Waals surface area contributed by atoms with Crippen molar-refractivity contribution in [2.75, 3.05) is 0 Å². The molecular formula is C134H136FN10OS+5. The Balaban J connectivity index is 0.000000117. The van der Waals surface area contributed by atoms with Gasteiger partial charge in [-0.3, -0.25) is 0 Å². The van der Waals surface area contributed by atoms with Crippen LogP contribution in [0.3, 0.4) is 0 Å². The summed E-state index contributed by atoms with van der Waals surface area (Å²) >= 11 is 1.94. The van der Waals surface area contributed by atoms with Gasteiger partial charge >= 0.3 is 0 Å². The van der Waals surface area contributed by atoms with Gasteiger partial charge in [0.25, 0.3) is 28.9 Å². The maximum absolute atomic E-state index is 14.0. The Morgan fingerprint density at radius 3 is 1.24 bits per heavy atom. The minimum absolute atomic E-state index is 0.219. The number of benzene rings is 15. The molecule has 0 aliphatic heterocycles. The van der Waals surface area contributed by atoms with Crippen LogP contribution in [-0.4, -0.2) is 22.8 Å². The van der Waals surface area contributed by atoms with Crippen LogP contribution in [0.15, 0.2) is 376 Å². The highest BCUT2D eigenvalue weighted by Crippen LogP contribution is 2.48. The van der Waals surface area contributed by atoms with Crippen LogP contribution >= 0.6 is 11.3 Å². The Labute approximate surface area is 870 Å². The van der Waals surface area contributed by atoms with Gasteiger partial charge in [0.2, 0.25) is 0 Å². The largest absolute Gasteiger partial charge is 0.456 e. The lowest BCUT2D eigenvalue weighted by molar-refractivity contribution is -0.659. The first kappa shape index (κ1) is 100. The number of hydrogen-bond acceptors (Lipinski definition) is 2. The van der Waals surface area contributed by atoms with E-state index in [2.05, 4.69) is 532 Å². The highest BCUT2D eigenvalue weighted by molar-refractivity contribution is 7.26. The van der Waals surface area contributed by atoms with Crippen molar-refractivity contribution >= 4 is 80.8 Å². The van der Waals surface area contributed by atoms with Gasteiger partial charge in [0.1, 0.15) is 107 Å². The lowest BCUT2D eigenvalue weighted by Crippen LogP contribution is -2.29. The maximum Gasteiger partial charge on any atom is 0.294 e. The van der Waals surface area contributed by atoms with Crippen molar-refractivity contribution in [2.45, 2.75) is 160 Å². The first-order valence-corrected chi connectivity index (χ1v) is 52.7. The lowest BCUT2D eigenvalue weighted by Gasteiger charge is -2.20. The van der Waals surface area contributed by atoms with Gasteiger partial charge in [-0.15, -0.1) is 11.3 Å². The van der Waals surface area contributed by atoms with Gasteiger partial charge in [0.05, 0.1) is 62.9 Å². The Bertz CT molecular complexity index is 8740. The molecule has 23 aromatic rings. The van der Waals surface area contributed by atoms with Crippen LogP contribution in [0.2, 0.25) is 0 Å². The fraction of sp³-hybridized carbons (Fsp3) is 0.216. The second-order valence-corrected chi connectivity index (χ2v) is 42.6. The Kier molecular flexibility index (Phi) is 28.7. The molecule has 0 saturated carbocycles. The number of aryl methyl sites for hydroxylation is 11. The number of halogens is 1. The number of imidazole rings is 5. The maximum atomic E-state index is 14.0. The second-order valence-electron chi connectivity index (χ2n) is 41.6. The first-order chi connectivity index (χ1) is 70.9. The van der Waals surface area contributed by atoms with Gasteiger partial charge < -0.3 is 4.42 Å². The molecule has 15 aromatic carbocycles. The van der Waals surface area contributed by atoms with E-state index >= 15 is 0 Å². The average molecular weight is 1950 g/mol. The molecule has 0 aliphatic carbocycles. The molecule has 8 heterocycles. The number of para-hydroxylation sites is 2. The van der Waals surface area contributed by atoms with E-state index in [1.165, 1.54) is 210 Å². The van der Waals surface area contributed by atoms with Crippen molar-refractivity contribution in [1.82, 2.24) is 22.8 Å².